The number of ketones is 1. The molecule has 0 spiro atoms. The molecule has 0 aliphatic heterocycles. The van der Waals surface area contributed by atoms with Crippen molar-refractivity contribution in [3.63, 3.8) is 0 Å². The highest BCUT2D eigenvalue weighted by Gasteiger charge is 2.26. The van der Waals surface area contributed by atoms with Crippen LogP contribution in [-0.2, 0) is 4.79 Å². The Hall–Kier alpha value is -0.970. The van der Waals surface area contributed by atoms with Crippen LogP contribution in [0.5, 0.6) is 0 Å². The van der Waals surface area contributed by atoms with Crippen LogP contribution < -0.4 is 0 Å². The summed E-state index contributed by atoms with van der Waals surface area (Å²) < 4.78 is 0. The van der Waals surface area contributed by atoms with Gasteiger partial charge in [0, 0.05) is 25.0 Å². The molecule has 0 aliphatic carbocycles. The minimum Gasteiger partial charge on any atom is -0.304 e. The molecule has 0 radical (unpaired) electrons. The average molecular weight is 397 g/mol. The zero-order chi connectivity index (χ0) is 17.3. The molecule has 0 amide bonds. The summed E-state index contributed by atoms with van der Waals surface area (Å²) in [4.78, 5) is 17.2. The summed E-state index contributed by atoms with van der Waals surface area (Å²) in [6, 6.07) is 9.96. The van der Waals surface area contributed by atoms with Crippen LogP contribution in [0.3, 0.4) is 0 Å². The van der Waals surface area contributed by atoms with Crippen molar-refractivity contribution in [2.24, 2.45) is 5.41 Å². The van der Waals surface area contributed by atoms with Crippen molar-refractivity contribution in [3.05, 3.63) is 42.0 Å². The van der Waals surface area contributed by atoms with E-state index in [2.05, 4.69) is 30.7 Å². The highest BCUT2D eigenvalue weighted by molar-refractivity contribution is 8.93. The summed E-state index contributed by atoms with van der Waals surface area (Å²) in [5, 5.41) is 0. The number of halogens is 1. The van der Waals surface area contributed by atoms with Gasteiger partial charge in [0.25, 0.3) is 0 Å². The van der Waals surface area contributed by atoms with Crippen molar-refractivity contribution in [1.29, 1.82) is 0 Å². The Bertz CT molecular complexity index is 496. The summed E-state index contributed by atoms with van der Waals surface area (Å²) >= 11 is 0. The van der Waals surface area contributed by atoms with Gasteiger partial charge in [-0.25, -0.2) is 0 Å². The molecule has 1 aromatic carbocycles. The van der Waals surface area contributed by atoms with Gasteiger partial charge in [0.15, 0.2) is 5.78 Å². The third kappa shape index (κ3) is 8.22. The number of carbonyl (C=O) groups is 1. The molecule has 3 nitrogen and oxygen atoms in total. The molecule has 0 saturated carbocycles. The molecule has 24 heavy (non-hydrogen) atoms. The predicted molar refractivity (Wildman–Crippen MR) is 110 cm³/mol. The molecule has 1 aromatic rings. The number of rotatable bonds is 10. The first kappa shape index (κ1) is 23.0. The maximum absolute atomic E-state index is 12.5. The molecule has 0 unspecified atom stereocenters. The van der Waals surface area contributed by atoms with E-state index in [4.69, 9.17) is 0 Å². The SMILES string of the molecule is Br.CCN(CC)CCN(C)CC(C)(C)C(=O)/C=C/c1ccccc1. The van der Waals surface area contributed by atoms with Crippen LogP contribution in [0.1, 0.15) is 33.3 Å². The van der Waals surface area contributed by atoms with E-state index in [-0.39, 0.29) is 28.2 Å². The second-order valence-electron chi connectivity index (χ2n) is 6.76. The van der Waals surface area contributed by atoms with Crippen LogP contribution in [-0.4, -0.2) is 55.4 Å². The Balaban J connectivity index is 0.00000529. The van der Waals surface area contributed by atoms with E-state index in [1.807, 2.05) is 50.3 Å². The monoisotopic (exact) mass is 396 g/mol. The Morgan fingerprint density at radius 1 is 1.08 bits per heavy atom. The lowest BCUT2D eigenvalue weighted by atomic mass is 9.87. The van der Waals surface area contributed by atoms with E-state index in [0.29, 0.717) is 0 Å². The smallest absolute Gasteiger partial charge is 0.162 e. The summed E-state index contributed by atoms with van der Waals surface area (Å²) in [6.07, 6.45) is 3.62. The maximum atomic E-state index is 12.5. The number of likely N-dealkylation sites (N-methyl/N-ethyl adjacent to an activating group) is 2. The quantitative estimate of drug-likeness (QED) is 0.555. The standard InChI is InChI=1S/C20H32N2O.BrH/c1-6-22(7-2)16-15-21(5)17-20(3,4)19(23)14-13-18-11-9-8-10-12-18;/h8-14H,6-7,15-17H2,1-5H3;1H/b14-13+;. The van der Waals surface area contributed by atoms with Gasteiger partial charge < -0.3 is 9.80 Å². The number of hydrogen-bond acceptors (Lipinski definition) is 3. The van der Waals surface area contributed by atoms with Gasteiger partial charge >= 0.3 is 0 Å². The second-order valence-corrected chi connectivity index (χ2v) is 6.76. The Morgan fingerprint density at radius 2 is 1.67 bits per heavy atom. The van der Waals surface area contributed by atoms with E-state index in [1.54, 1.807) is 6.08 Å². The Morgan fingerprint density at radius 3 is 2.21 bits per heavy atom. The van der Waals surface area contributed by atoms with Crippen molar-refractivity contribution in [1.82, 2.24) is 9.80 Å². The van der Waals surface area contributed by atoms with E-state index >= 15 is 0 Å². The molecule has 0 aromatic heterocycles. The van der Waals surface area contributed by atoms with Crippen molar-refractivity contribution in [3.8, 4) is 0 Å². The van der Waals surface area contributed by atoms with Crippen LogP contribution in [0.25, 0.3) is 6.08 Å². The molecule has 0 saturated heterocycles. The summed E-state index contributed by atoms with van der Waals surface area (Å²) in [6.45, 7) is 13.4. The Labute approximate surface area is 158 Å². The maximum Gasteiger partial charge on any atom is 0.162 e. The summed E-state index contributed by atoms with van der Waals surface area (Å²) in [5.74, 6) is 0.177. The number of nitrogens with zero attached hydrogens (tertiary/aromatic N) is 2. The van der Waals surface area contributed by atoms with Crippen LogP contribution in [0.2, 0.25) is 0 Å². The van der Waals surface area contributed by atoms with Gasteiger partial charge in [-0.15, -0.1) is 17.0 Å². The molecule has 136 valence electrons. The van der Waals surface area contributed by atoms with Crippen molar-refractivity contribution >= 4 is 28.8 Å². The van der Waals surface area contributed by atoms with Crippen LogP contribution in [0.15, 0.2) is 36.4 Å². The van der Waals surface area contributed by atoms with Crippen LogP contribution in [0, 0.1) is 5.41 Å². The molecule has 1 rings (SSSR count). The predicted octanol–water partition coefficient (Wildman–Crippen LogP) is 4.15. The van der Waals surface area contributed by atoms with Crippen molar-refractivity contribution in [2.45, 2.75) is 27.7 Å². The van der Waals surface area contributed by atoms with Gasteiger partial charge in [-0.05, 0) is 31.8 Å². The number of carbonyl (C=O) groups excluding carboxylic acids is 1. The number of allylic oxidation sites excluding steroid dienone is 1. The lowest BCUT2D eigenvalue weighted by molar-refractivity contribution is -0.122. The molecule has 0 bridgehead atoms. The van der Waals surface area contributed by atoms with E-state index in [0.717, 1.165) is 38.3 Å². The fourth-order valence-electron chi connectivity index (χ4n) is 2.65. The third-order valence-corrected chi connectivity index (χ3v) is 4.25. The van der Waals surface area contributed by atoms with E-state index < -0.39 is 0 Å². The van der Waals surface area contributed by atoms with Gasteiger partial charge in [0.2, 0.25) is 0 Å². The van der Waals surface area contributed by atoms with Crippen molar-refractivity contribution in [2.75, 3.05) is 39.8 Å². The molecule has 4 heteroatoms. The van der Waals surface area contributed by atoms with Gasteiger partial charge in [-0.1, -0.05) is 64.1 Å². The van der Waals surface area contributed by atoms with Crippen LogP contribution in [0.4, 0.5) is 0 Å². The van der Waals surface area contributed by atoms with E-state index in [9.17, 15) is 4.79 Å². The molecule has 0 N–H and O–H groups in total. The summed E-state index contributed by atoms with van der Waals surface area (Å²) in [5.41, 5.74) is 0.690. The fraction of sp³-hybridized carbons (Fsp3) is 0.550. The zero-order valence-electron chi connectivity index (χ0n) is 15.8. The number of benzene rings is 1. The van der Waals surface area contributed by atoms with Gasteiger partial charge in [-0.2, -0.15) is 0 Å². The highest BCUT2D eigenvalue weighted by Crippen LogP contribution is 2.19. The second kappa shape index (κ2) is 11.6. The summed E-state index contributed by atoms with van der Waals surface area (Å²) in [7, 11) is 2.10. The molecular formula is C20H33BrN2O. The normalized spacial score (nSPS) is 12.0. The van der Waals surface area contributed by atoms with Gasteiger partial charge in [-0.3, -0.25) is 4.79 Å². The molecule has 0 atom stereocenters. The number of hydrogen-bond donors (Lipinski definition) is 0. The highest BCUT2D eigenvalue weighted by atomic mass is 79.9. The van der Waals surface area contributed by atoms with Gasteiger partial charge in [0.1, 0.15) is 0 Å². The lowest BCUT2D eigenvalue weighted by Crippen LogP contribution is -2.40. The fourth-order valence-corrected chi connectivity index (χ4v) is 2.65. The largest absolute Gasteiger partial charge is 0.304 e. The van der Waals surface area contributed by atoms with Crippen molar-refractivity contribution < 1.29 is 4.79 Å². The Kier molecular flexibility index (Phi) is 11.1. The first-order chi connectivity index (χ1) is 10.9. The topological polar surface area (TPSA) is 23.6 Å². The third-order valence-electron chi connectivity index (χ3n) is 4.25. The molecule has 0 aliphatic rings. The van der Waals surface area contributed by atoms with E-state index in [1.165, 1.54) is 0 Å². The van der Waals surface area contributed by atoms with Gasteiger partial charge in [0.05, 0.1) is 0 Å². The molecular weight excluding hydrogens is 364 g/mol. The minimum atomic E-state index is -0.372. The minimum absolute atomic E-state index is 0. The molecule has 0 fully saturated rings. The first-order valence-electron chi connectivity index (χ1n) is 8.57. The average Bonchev–Trinajstić information content (AvgIpc) is 2.54. The first-order valence-corrected chi connectivity index (χ1v) is 8.57. The lowest BCUT2D eigenvalue weighted by Gasteiger charge is -2.29. The zero-order valence-corrected chi connectivity index (χ0v) is 17.5. The molecule has 0 heterocycles. The van der Waals surface area contributed by atoms with Crippen LogP contribution >= 0.6 is 17.0 Å².